The molecule has 7 nitrogen and oxygen atoms in total. The molecule has 0 unspecified atom stereocenters. The fourth-order valence-electron chi connectivity index (χ4n) is 2.20. The van der Waals surface area contributed by atoms with Gasteiger partial charge >= 0.3 is 0 Å². The van der Waals surface area contributed by atoms with Gasteiger partial charge in [-0.15, -0.1) is 0 Å². The molecular weight excluding hydrogens is 292 g/mol. The van der Waals surface area contributed by atoms with Gasteiger partial charge in [-0.1, -0.05) is 0 Å². The number of hydrogen-bond acceptors (Lipinski definition) is 7. The van der Waals surface area contributed by atoms with Gasteiger partial charge in [0.05, 0.1) is 19.0 Å². The predicted octanol–water partition coefficient (Wildman–Crippen LogP) is 2.50. The minimum absolute atomic E-state index is 0.173. The molecule has 0 atom stereocenters. The van der Waals surface area contributed by atoms with E-state index in [0.717, 1.165) is 17.0 Å². The minimum Gasteiger partial charge on any atom is -0.497 e. The number of nitrogens with zero attached hydrogens (tertiary/aromatic N) is 4. The molecule has 7 heteroatoms. The molecule has 118 valence electrons. The van der Waals surface area contributed by atoms with Crippen LogP contribution in [0.2, 0.25) is 0 Å². The van der Waals surface area contributed by atoms with Gasteiger partial charge in [0.2, 0.25) is 5.95 Å². The second-order valence-electron chi connectivity index (χ2n) is 5.39. The largest absolute Gasteiger partial charge is 0.497 e. The molecule has 2 aromatic heterocycles. The zero-order valence-electron chi connectivity index (χ0n) is 13.2. The summed E-state index contributed by atoms with van der Waals surface area (Å²) in [5.41, 5.74) is 8.48. The van der Waals surface area contributed by atoms with Crippen molar-refractivity contribution in [3.63, 3.8) is 0 Å². The maximum Gasteiger partial charge on any atom is 0.224 e. The Kier molecular flexibility index (Phi) is 3.92. The van der Waals surface area contributed by atoms with E-state index in [2.05, 4.69) is 25.3 Å². The van der Waals surface area contributed by atoms with E-state index >= 15 is 0 Å². The van der Waals surface area contributed by atoms with Gasteiger partial charge in [-0.05, 0) is 38.1 Å². The summed E-state index contributed by atoms with van der Waals surface area (Å²) >= 11 is 0. The van der Waals surface area contributed by atoms with Crippen LogP contribution in [0.1, 0.15) is 13.8 Å². The van der Waals surface area contributed by atoms with Gasteiger partial charge in [0.15, 0.2) is 17.0 Å². The van der Waals surface area contributed by atoms with E-state index in [4.69, 9.17) is 10.5 Å². The second kappa shape index (κ2) is 6.04. The van der Waals surface area contributed by atoms with Crippen molar-refractivity contribution in [1.29, 1.82) is 0 Å². The number of aromatic nitrogens is 4. The normalized spacial score (nSPS) is 11.0. The third-order valence-corrected chi connectivity index (χ3v) is 3.24. The van der Waals surface area contributed by atoms with Crippen LogP contribution in [0.25, 0.3) is 22.4 Å². The number of rotatable bonds is 4. The van der Waals surface area contributed by atoms with Gasteiger partial charge in [-0.3, -0.25) is 0 Å². The van der Waals surface area contributed by atoms with Crippen molar-refractivity contribution in [2.45, 2.75) is 19.9 Å². The summed E-state index contributed by atoms with van der Waals surface area (Å²) in [6.07, 6.45) is 1.68. The Morgan fingerprint density at radius 3 is 2.48 bits per heavy atom. The highest BCUT2D eigenvalue weighted by Crippen LogP contribution is 2.24. The van der Waals surface area contributed by atoms with Crippen LogP contribution < -0.4 is 15.8 Å². The molecule has 0 aliphatic heterocycles. The van der Waals surface area contributed by atoms with Gasteiger partial charge < -0.3 is 15.8 Å². The lowest BCUT2D eigenvalue weighted by Gasteiger charge is -2.12. The Bertz CT molecular complexity index is 832. The summed E-state index contributed by atoms with van der Waals surface area (Å²) in [5.74, 6) is 1.55. The van der Waals surface area contributed by atoms with Gasteiger partial charge in [0.25, 0.3) is 0 Å². The van der Waals surface area contributed by atoms with E-state index in [-0.39, 0.29) is 12.0 Å². The maximum absolute atomic E-state index is 5.74. The quantitative estimate of drug-likeness (QED) is 0.763. The molecular formula is C16H18N6O. The highest BCUT2D eigenvalue weighted by atomic mass is 16.5. The van der Waals surface area contributed by atoms with Crippen LogP contribution in [0.5, 0.6) is 5.75 Å². The Hall–Kier alpha value is -2.96. The molecule has 0 aliphatic carbocycles. The highest BCUT2D eigenvalue weighted by Gasteiger charge is 2.12. The molecule has 23 heavy (non-hydrogen) atoms. The molecule has 0 saturated heterocycles. The van der Waals surface area contributed by atoms with Crippen molar-refractivity contribution in [3.05, 3.63) is 30.5 Å². The number of nitrogen functional groups attached to an aromatic ring is 1. The molecule has 1 aromatic carbocycles. The van der Waals surface area contributed by atoms with Crippen molar-refractivity contribution >= 4 is 22.9 Å². The van der Waals surface area contributed by atoms with E-state index in [1.807, 2.05) is 38.1 Å². The lowest BCUT2D eigenvalue weighted by Crippen LogP contribution is -2.13. The van der Waals surface area contributed by atoms with Crippen LogP contribution in [-0.4, -0.2) is 33.1 Å². The first-order chi connectivity index (χ1) is 11.1. The van der Waals surface area contributed by atoms with Gasteiger partial charge in [0.1, 0.15) is 5.75 Å². The standard InChI is InChI=1S/C16H18N6O/c1-9(2)19-15-13-14(21-16(17)22-15)18-8-12(20-13)10-4-6-11(23-3)7-5-10/h4-9H,1-3H3,(H3,17,18,19,21,22). The number of anilines is 2. The Morgan fingerprint density at radius 2 is 1.83 bits per heavy atom. The summed E-state index contributed by atoms with van der Waals surface area (Å²) in [4.78, 5) is 17.4. The Morgan fingerprint density at radius 1 is 1.09 bits per heavy atom. The summed E-state index contributed by atoms with van der Waals surface area (Å²) < 4.78 is 5.17. The molecule has 3 N–H and O–H groups in total. The molecule has 3 aromatic rings. The van der Waals surface area contributed by atoms with E-state index in [0.29, 0.717) is 17.0 Å². The zero-order valence-corrected chi connectivity index (χ0v) is 13.2. The lowest BCUT2D eigenvalue weighted by molar-refractivity contribution is 0.415. The van der Waals surface area contributed by atoms with Crippen LogP contribution in [0.15, 0.2) is 30.5 Å². The Balaban J connectivity index is 2.10. The van der Waals surface area contributed by atoms with Crippen molar-refractivity contribution in [1.82, 2.24) is 19.9 Å². The van der Waals surface area contributed by atoms with Crippen LogP contribution in [0, 0.1) is 0 Å². The topological polar surface area (TPSA) is 98.8 Å². The Labute approximate surface area is 134 Å². The van der Waals surface area contributed by atoms with Gasteiger partial charge in [-0.2, -0.15) is 9.97 Å². The lowest BCUT2D eigenvalue weighted by atomic mass is 10.1. The summed E-state index contributed by atoms with van der Waals surface area (Å²) in [6, 6.07) is 7.83. The number of methoxy groups -OCH3 is 1. The minimum atomic E-state index is 0.173. The summed E-state index contributed by atoms with van der Waals surface area (Å²) in [6.45, 7) is 4.04. The molecule has 0 aliphatic rings. The first-order valence-electron chi connectivity index (χ1n) is 7.28. The number of nitrogens with one attached hydrogen (secondary N) is 1. The van der Waals surface area contributed by atoms with E-state index < -0.39 is 0 Å². The highest BCUT2D eigenvalue weighted by molar-refractivity contribution is 5.85. The third-order valence-electron chi connectivity index (χ3n) is 3.24. The maximum atomic E-state index is 5.74. The van der Waals surface area contributed by atoms with Crippen molar-refractivity contribution < 1.29 is 4.74 Å². The van der Waals surface area contributed by atoms with Crippen LogP contribution >= 0.6 is 0 Å². The average molecular weight is 310 g/mol. The van der Waals surface area contributed by atoms with E-state index in [1.165, 1.54) is 0 Å². The molecule has 0 amide bonds. The number of ether oxygens (including phenoxy) is 1. The fraction of sp³-hybridized carbons (Fsp3) is 0.250. The average Bonchev–Trinajstić information content (AvgIpc) is 2.54. The second-order valence-corrected chi connectivity index (χ2v) is 5.39. The molecule has 0 saturated carbocycles. The SMILES string of the molecule is COc1ccc(-c2cnc3nc(N)nc(NC(C)C)c3n2)cc1. The van der Waals surface area contributed by atoms with Gasteiger partial charge in [-0.25, -0.2) is 9.97 Å². The molecule has 2 heterocycles. The molecule has 3 rings (SSSR count). The van der Waals surface area contributed by atoms with Crippen LogP contribution in [-0.2, 0) is 0 Å². The number of fused-ring (bicyclic) bond motifs is 1. The van der Waals surface area contributed by atoms with Crippen LogP contribution in [0.4, 0.5) is 11.8 Å². The van der Waals surface area contributed by atoms with Crippen LogP contribution in [0.3, 0.4) is 0 Å². The first kappa shape index (κ1) is 15.0. The third kappa shape index (κ3) is 3.13. The summed E-state index contributed by atoms with van der Waals surface area (Å²) in [7, 11) is 1.64. The van der Waals surface area contributed by atoms with Crippen molar-refractivity contribution in [3.8, 4) is 17.0 Å². The fourth-order valence-corrected chi connectivity index (χ4v) is 2.20. The monoisotopic (exact) mass is 310 g/mol. The molecule has 0 spiro atoms. The number of nitrogens with two attached hydrogens (primary N) is 1. The zero-order chi connectivity index (χ0) is 16.4. The number of benzene rings is 1. The molecule has 0 radical (unpaired) electrons. The van der Waals surface area contributed by atoms with Crippen molar-refractivity contribution in [2.75, 3.05) is 18.2 Å². The smallest absolute Gasteiger partial charge is 0.224 e. The van der Waals surface area contributed by atoms with Gasteiger partial charge in [0, 0.05) is 11.6 Å². The summed E-state index contributed by atoms with van der Waals surface area (Å²) in [5, 5.41) is 3.23. The predicted molar refractivity (Wildman–Crippen MR) is 90.3 cm³/mol. The molecule has 0 fully saturated rings. The van der Waals surface area contributed by atoms with E-state index in [9.17, 15) is 0 Å². The first-order valence-corrected chi connectivity index (χ1v) is 7.28. The molecule has 0 bridgehead atoms. The number of hydrogen-bond donors (Lipinski definition) is 2. The van der Waals surface area contributed by atoms with Crippen molar-refractivity contribution in [2.24, 2.45) is 0 Å². The van der Waals surface area contributed by atoms with E-state index in [1.54, 1.807) is 13.3 Å².